The Balaban J connectivity index is 1.53. The minimum absolute atomic E-state index is 0.348. The van der Waals surface area contributed by atoms with Crippen molar-refractivity contribution in [2.24, 2.45) is 7.05 Å². The maximum absolute atomic E-state index is 6.01. The summed E-state index contributed by atoms with van der Waals surface area (Å²) in [5, 5.41) is 21.3. The molecule has 0 saturated heterocycles. The molecule has 9 nitrogen and oxygen atoms in total. The van der Waals surface area contributed by atoms with Crippen molar-refractivity contribution in [3.63, 3.8) is 0 Å². The number of halogens is 1. The average Bonchev–Trinajstić information content (AvgIpc) is 3.31. The molecule has 0 aliphatic carbocycles. The molecule has 0 aliphatic rings. The average molecular weight is 383 g/mol. The number of hydrogen-bond acceptors (Lipinski definition) is 7. The Bertz CT molecular complexity index is 1060. The highest BCUT2D eigenvalue weighted by molar-refractivity contribution is 6.30. The molecule has 0 spiro atoms. The van der Waals surface area contributed by atoms with Gasteiger partial charge in [-0.15, -0.1) is 20.1 Å². The number of pyridine rings is 1. The van der Waals surface area contributed by atoms with Gasteiger partial charge in [0.2, 0.25) is 5.82 Å². The van der Waals surface area contributed by atoms with E-state index < -0.39 is 6.10 Å². The Morgan fingerprint density at radius 3 is 2.78 bits per heavy atom. The van der Waals surface area contributed by atoms with Crippen LogP contribution in [-0.2, 0) is 7.05 Å². The number of rotatable bonds is 5. The quantitative estimate of drug-likeness (QED) is 0.523. The third-order valence-corrected chi connectivity index (χ3v) is 4.10. The summed E-state index contributed by atoms with van der Waals surface area (Å²) >= 11 is 6.01. The number of nitrogens with zero attached hydrogens (tertiary/aromatic N) is 8. The summed E-state index contributed by atoms with van der Waals surface area (Å²) in [5.74, 6) is 1.07. The molecule has 1 atom stereocenters. The first kappa shape index (κ1) is 17.1. The Morgan fingerprint density at radius 1 is 1.11 bits per heavy atom. The highest BCUT2D eigenvalue weighted by Gasteiger charge is 2.19. The predicted molar refractivity (Wildman–Crippen MR) is 97.4 cm³/mol. The molecule has 4 rings (SSSR count). The van der Waals surface area contributed by atoms with Gasteiger partial charge in [0.15, 0.2) is 11.9 Å². The smallest absolute Gasteiger partial charge is 0.317 e. The Hall–Kier alpha value is -3.33. The summed E-state index contributed by atoms with van der Waals surface area (Å²) in [4.78, 5) is 5.50. The molecule has 0 amide bonds. The van der Waals surface area contributed by atoms with Gasteiger partial charge in [0.1, 0.15) is 0 Å². The standard InChI is InChI=1S/C17H15ClN8O/c1-11(15-20-24-26(23-15)14-7-3-6-13(18)9-14)27-17-22-21-16(25(17)2)12-5-4-8-19-10-12/h3-11H,1-2H3. The summed E-state index contributed by atoms with van der Waals surface area (Å²) in [6.07, 6.45) is 2.95. The van der Waals surface area contributed by atoms with E-state index in [0.717, 1.165) is 5.56 Å². The highest BCUT2D eigenvalue weighted by atomic mass is 35.5. The van der Waals surface area contributed by atoms with Crippen molar-refractivity contribution in [1.82, 2.24) is 40.0 Å². The second-order valence-electron chi connectivity index (χ2n) is 5.78. The maximum Gasteiger partial charge on any atom is 0.317 e. The summed E-state index contributed by atoms with van der Waals surface area (Å²) < 4.78 is 7.62. The Kier molecular flexibility index (Phi) is 4.51. The third-order valence-electron chi connectivity index (χ3n) is 3.87. The molecule has 10 heteroatoms. The van der Waals surface area contributed by atoms with Crippen LogP contribution in [0.25, 0.3) is 17.1 Å². The topological polar surface area (TPSA) is 96.4 Å². The first-order chi connectivity index (χ1) is 13.1. The van der Waals surface area contributed by atoms with Crippen LogP contribution in [0.5, 0.6) is 6.01 Å². The van der Waals surface area contributed by atoms with Gasteiger partial charge in [-0.25, -0.2) is 0 Å². The van der Waals surface area contributed by atoms with Crippen LogP contribution in [0.15, 0.2) is 48.8 Å². The fourth-order valence-corrected chi connectivity index (χ4v) is 2.66. The molecule has 0 bridgehead atoms. The molecule has 0 saturated carbocycles. The van der Waals surface area contributed by atoms with Crippen molar-refractivity contribution in [1.29, 1.82) is 0 Å². The zero-order valence-corrected chi connectivity index (χ0v) is 15.3. The zero-order valence-electron chi connectivity index (χ0n) is 14.6. The van der Waals surface area contributed by atoms with Crippen molar-refractivity contribution in [3.8, 4) is 23.1 Å². The van der Waals surface area contributed by atoms with Gasteiger partial charge in [0.05, 0.1) is 5.69 Å². The first-order valence-corrected chi connectivity index (χ1v) is 8.52. The van der Waals surface area contributed by atoms with Gasteiger partial charge >= 0.3 is 6.01 Å². The van der Waals surface area contributed by atoms with E-state index in [-0.39, 0.29) is 0 Å². The Labute approximate surface area is 159 Å². The second-order valence-corrected chi connectivity index (χ2v) is 6.22. The lowest BCUT2D eigenvalue weighted by atomic mass is 10.3. The molecule has 1 unspecified atom stereocenters. The largest absolute Gasteiger partial charge is 0.452 e. The lowest BCUT2D eigenvalue weighted by molar-refractivity contribution is 0.190. The molecule has 1 aromatic carbocycles. The number of aromatic nitrogens is 8. The van der Waals surface area contributed by atoms with Gasteiger partial charge in [-0.3, -0.25) is 9.55 Å². The SMILES string of the molecule is CC(Oc1nnc(-c2cccnc2)n1C)c1nnn(-c2cccc(Cl)c2)n1. The summed E-state index contributed by atoms with van der Waals surface area (Å²) in [6, 6.07) is 11.3. The van der Waals surface area contributed by atoms with Crippen molar-refractivity contribution < 1.29 is 4.74 Å². The van der Waals surface area contributed by atoms with Crippen LogP contribution < -0.4 is 4.74 Å². The van der Waals surface area contributed by atoms with E-state index in [1.54, 1.807) is 29.1 Å². The summed E-state index contributed by atoms with van der Waals surface area (Å²) in [5.41, 5.74) is 1.56. The van der Waals surface area contributed by atoms with Crippen LogP contribution >= 0.6 is 11.6 Å². The minimum Gasteiger partial charge on any atom is -0.452 e. The van der Waals surface area contributed by atoms with E-state index in [2.05, 4.69) is 30.6 Å². The van der Waals surface area contributed by atoms with Crippen molar-refractivity contribution in [2.45, 2.75) is 13.0 Å². The molecule has 0 aliphatic heterocycles. The van der Waals surface area contributed by atoms with Gasteiger partial charge in [-0.05, 0) is 42.5 Å². The van der Waals surface area contributed by atoms with E-state index in [4.69, 9.17) is 16.3 Å². The fourth-order valence-electron chi connectivity index (χ4n) is 2.47. The van der Waals surface area contributed by atoms with Crippen molar-refractivity contribution in [2.75, 3.05) is 0 Å². The van der Waals surface area contributed by atoms with E-state index in [9.17, 15) is 0 Å². The lowest BCUT2D eigenvalue weighted by Crippen LogP contribution is -2.09. The normalized spacial score (nSPS) is 12.1. The van der Waals surface area contributed by atoms with E-state index in [1.807, 2.05) is 38.2 Å². The van der Waals surface area contributed by atoms with Gasteiger partial charge in [-0.1, -0.05) is 22.8 Å². The van der Waals surface area contributed by atoms with Crippen molar-refractivity contribution >= 4 is 11.6 Å². The van der Waals surface area contributed by atoms with Crippen LogP contribution in [0.1, 0.15) is 18.9 Å². The predicted octanol–water partition coefficient (Wildman–Crippen LogP) is 2.65. The van der Waals surface area contributed by atoms with Gasteiger partial charge in [0, 0.05) is 30.0 Å². The second kappa shape index (κ2) is 7.12. The van der Waals surface area contributed by atoms with Crippen LogP contribution in [0.4, 0.5) is 0 Å². The monoisotopic (exact) mass is 382 g/mol. The molecule has 0 radical (unpaired) electrons. The molecule has 4 aromatic rings. The summed E-state index contributed by atoms with van der Waals surface area (Å²) in [7, 11) is 1.82. The van der Waals surface area contributed by atoms with Crippen LogP contribution in [0.3, 0.4) is 0 Å². The van der Waals surface area contributed by atoms with Crippen molar-refractivity contribution in [3.05, 3.63) is 59.6 Å². The Morgan fingerprint density at radius 2 is 2.00 bits per heavy atom. The number of hydrogen-bond donors (Lipinski definition) is 0. The third kappa shape index (κ3) is 3.49. The summed E-state index contributed by atoms with van der Waals surface area (Å²) in [6.45, 7) is 1.82. The number of tetrazole rings is 1. The maximum atomic E-state index is 6.01. The van der Waals surface area contributed by atoms with E-state index in [1.165, 1.54) is 4.80 Å². The van der Waals surface area contributed by atoms with Gasteiger partial charge in [0.25, 0.3) is 0 Å². The molecule has 0 fully saturated rings. The number of ether oxygens (including phenoxy) is 1. The molecule has 27 heavy (non-hydrogen) atoms. The van der Waals surface area contributed by atoms with Crippen LogP contribution in [0, 0.1) is 0 Å². The molecule has 0 N–H and O–H groups in total. The molecular weight excluding hydrogens is 368 g/mol. The highest BCUT2D eigenvalue weighted by Crippen LogP contribution is 2.22. The van der Waals surface area contributed by atoms with E-state index >= 15 is 0 Å². The molecule has 3 aromatic heterocycles. The zero-order chi connectivity index (χ0) is 18.8. The molecule has 3 heterocycles. The van der Waals surface area contributed by atoms with Crippen LogP contribution in [-0.4, -0.2) is 40.0 Å². The minimum atomic E-state index is -0.470. The lowest BCUT2D eigenvalue weighted by Gasteiger charge is -2.10. The van der Waals surface area contributed by atoms with Crippen LogP contribution in [0.2, 0.25) is 5.02 Å². The van der Waals surface area contributed by atoms with E-state index in [0.29, 0.717) is 28.4 Å². The number of benzene rings is 1. The fraction of sp³-hybridized carbons (Fsp3) is 0.176. The molecular formula is C17H15ClN8O. The van der Waals surface area contributed by atoms with Gasteiger partial charge in [-0.2, -0.15) is 0 Å². The molecule has 136 valence electrons. The van der Waals surface area contributed by atoms with Gasteiger partial charge < -0.3 is 4.74 Å². The first-order valence-electron chi connectivity index (χ1n) is 8.14.